The van der Waals surface area contributed by atoms with Crippen molar-refractivity contribution < 1.29 is 0 Å². The number of rotatable bonds is 1. The van der Waals surface area contributed by atoms with Crippen molar-refractivity contribution in [3.63, 3.8) is 0 Å². The summed E-state index contributed by atoms with van der Waals surface area (Å²) in [4.78, 5) is 2.37. The lowest BCUT2D eigenvalue weighted by molar-refractivity contribution is 0.332. The third kappa shape index (κ3) is 1.76. The summed E-state index contributed by atoms with van der Waals surface area (Å²) in [6.07, 6.45) is 2.40. The highest BCUT2D eigenvalue weighted by Gasteiger charge is 2.27. The molecule has 0 N–H and O–H groups in total. The van der Waals surface area contributed by atoms with Gasteiger partial charge in [0, 0.05) is 24.7 Å². The second kappa shape index (κ2) is 2.54. The van der Waals surface area contributed by atoms with Crippen molar-refractivity contribution in [3.05, 3.63) is 11.8 Å². The van der Waals surface area contributed by atoms with Crippen LogP contribution in [0.2, 0.25) is 0 Å². The standard InChI is InChI=1S/C10H19N/c1-8(2)9-6-10(3,4)7-11(9)5/h6,8H,7H2,1-5H3. The van der Waals surface area contributed by atoms with Gasteiger partial charge in [0.05, 0.1) is 0 Å². The summed E-state index contributed by atoms with van der Waals surface area (Å²) in [7, 11) is 2.18. The molecule has 1 heteroatoms. The van der Waals surface area contributed by atoms with Gasteiger partial charge in [-0.1, -0.05) is 33.8 Å². The average Bonchev–Trinajstić information content (AvgIpc) is 2.05. The zero-order valence-corrected chi connectivity index (χ0v) is 8.31. The molecule has 0 amide bonds. The molecule has 0 unspecified atom stereocenters. The summed E-state index contributed by atoms with van der Waals surface area (Å²) in [5, 5.41) is 0. The SMILES string of the molecule is CC(C)C1=CC(C)(C)CN1C. The Morgan fingerprint density at radius 2 is 2.00 bits per heavy atom. The van der Waals surface area contributed by atoms with E-state index in [0.29, 0.717) is 11.3 Å². The van der Waals surface area contributed by atoms with Crippen LogP contribution in [0.4, 0.5) is 0 Å². The summed E-state index contributed by atoms with van der Waals surface area (Å²) < 4.78 is 0. The van der Waals surface area contributed by atoms with E-state index in [1.807, 2.05) is 0 Å². The summed E-state index contributed by atoms with van der Waals surface area (Å²) in [5.74, 6) is 0.668. The van der Waals surface area contributed by atoms with E-state index in [0.717, 1.165) is 0 Å². The molecule has 0 atom stereocenters. The largest absolute Gasteiger partial charge is 0.377 e. The fourth-order valence-electron chi connectivity index (χ4n) is 1.87. The van der Waals surface area contributed by atoms with Crippen molar-refractivity contribution in [2.45, 2.75) is 27.7 Å². The Kier molecular flexibility index (Phi) is 2.00. The van der Waals surface area contributed by atoms with Gasteiger partial charge in [0.15, 0.2) is 0 Å². The first-order chi connectivity index (χ1) is 4.92. The molecule has 0 aromatic carbocycles. The number of hydrogen-bond acceptors (Lipinski definition) is 1. The molecule has 0 saturated carbocycles. The second-order valence-corrected chi connectivity index (χ2v) is 4.57. The van der Waals surface area contributed by atoms with Gasteiger partial charge in [0.1, 0.15) is 0 Å². The fraction of sp³-hybridized carbons (Fsp3) is 0.800. The monoisotopic (exact) mass is 153 g/mol. The second-order valence-electron chi connectivity index (χ2n) is 4.57. The molecule has 0 bridgehead atoms. The highest BCUT2D eigenvalue weighted by molar-refractivity contribution is 5.15. The van der Waals surface area contributed by atoms with Crippen LogP contribution in [-0.2, 0) is 0 Å². The molecular formula is C10H19N. The minimum absolute atomic E-state index is 0.383. The smallest absolute Gasteiger partial charge is 0.0258 e. The Morgan fingerprint density at radius 1 is 1.45 bits per heavy atom. The van der Waals surface area contributed by atoms with Gasteiger partial charge in [0.2, 0.25) is 0 Å². The van der Waals surface area contributed by atoms with Gasteiger partial charge in [-0.3, -0.25) is 0 Å². The van der Waals surface area contributed by atoms with E-state index in [-0.39, 0.29) is 0 Å². The molecule has 1 nitrogen and oxygen atoms in total. The predicted molar refractivity (Wildman–Crippen MR) is 49.3 cm³/mol. The maximum absolute atomic E-state index is 2.40. The van der Waals surface area contributed by atoms with Crippen LogP contribution in [-0.4, -0.2) is 18.5 Å². The van der Waals surface area contributed by atoms with E-state index in [2.05, 4.69) is 45.7 Å². The molecule has 1 aliphatic rings. The first kappa shape index (κ1) is 8.63. The molecule has 0 saturated heterocycles. The Balaban J connectivity index is 2.79. The minimum atomic E-state index is 0.383. The van der Waals surface area contributed by atoms with Crippen molar-refractivity contribution in [1.29, 1.82) is 0 Å². The van der Waals surface area contributed by atoms with Gasteiger partial charge in [-0.15, -0.1) is 0 Å². The van der Waals surface area contributed by atoms with E-state index < -0.39 is 0 Å². The van der Waals surface area contributed by atoms with Crippen LogP contribution in [0.5, 0.6) is 0 Å². The van der Waals surface area contributed by atoms with Crippen molar-refractivity contribution in [1.82, 2.24) is 4.90 Å². The van der Waals surface area contributed by atoms with E-state index in [1.54, 1.807) is 0 Å². The quantitative estimate of drug-likeness (QED) is 0.559. The molecule has 1 rings (SSSR count). The summed E-state index contributed by atoms with van der Waals surface area (Å²) in [5.41, 5.74) is 1.88. The average molecular weight is 153 g/mol. The lowest BCUT2D eigenvalue weighted by atomic mass is 9.94. The predicted octanol–water partition coefficient (Wildman–Crippen LogP) is 2.50. The van der Waals surface area contributed by atoms with E-state index in [4.69, 9.17) is 0 Å². The molecule has 0 radical (unpaired) electrons. The summed E-state index contributed by atoms with van der Waals surface area (Å²) in [6.45, 7) is 10.3. The molecule has 1 aliphatic heterocycles. The molecule has 0 aliphatic carbocycles. The molecule has 0 aromatic rings. The Labute approximate surface area is 70.1 Å². The normalized spacial score (nSPS) is 22.7. The van der Waals surface area contributed by atoms with Crippen LogP contribution in [0.3, 0.4) is 0 Å². The van der Waals surface area contributed by atoms with Crippen LogP contribution in [0, 0.1) is 11.3 Å². The van der Waals surface area contributed by atoms with Gasteiger partial charge in [-0.2, -0.15) is 0 Å². The van der Waals surface area contributed by atoms with Crippen LogP contribution in [0.25, 0.3) is 0 Å². The van der Waals surface area contributed by atoms with Crippen LogP contribution in [0.1, 0.15) is 27.7 Å². The van der Waals surface area contributed by atoms with E-state index >= 15 is 0 Å². The highest BCUT2D eigenvalue weighted by Crippen LogP contribution is 2.32. The number of hydrogen-bond donors (Lipinski definition) is 0. The Morgan fingerprint density at radius 3 is 2.18 bits per heavy atom. The fourth-order valence-corrected chi connectivity index (χ4v) is 1.87. The van der Waals surface area contributed by atoms with Gasteiger partial charge >= 0.3 is 0 Å². The van der Waals surface area contributed by atoms with Crippen LogP contribution in [0.15, 0.2) is 11.8 Å². The molecule has 0 aromatic heterocycles. The zero-order valence-electron chi connectivity index (χ0n) is 8.31. The van der Waals surface area contributed by atoms with Crippen molar-refractivity contribution in [3.8, 4) is 0 Å². The molecule has 1 heterocycles. The number of nitrogens with zero attached hydrogens (tertiary/aromatic N) is 1. The third-order valence-corrected chi connectivity index (χ3v) is 2.22. The maximum Gasteiger partial charge on any atom is 0.0258 e. The molecule has 0 spiro atoms. The highest BCUT2D eigenvalue weighted by atomic mass is 15.1. The van der Waals surface area contributed by atoms with E-state index in [1.165, 1.54) is 12.2 Å². The molecule has 11 heavy (non-hydrogen) atoms. The van der Waals surface area contributed by atoms with Gasteiger partial charge in [-0.25, -0.2) is 0 Å². The first-order valence-electron chi connectivity index (χ1n) is 4.36. The number of allylic oxidation sites excluding steroid dienone is 1. The molecule has 0 fully saturated rings. The van der Waals surface area contributed by atoms with Crippen molar-refractivity contribution in [2.24, 2.45) is 11.3 Å². The van der Waals surface area contributed by atoms with Crippen LogP contribution < -0.4 is 0 Å². The Hall–Kier alpha value is -0.460. The van der Waals surface area contributed by atoms with Crippen molar-refractivity contribution in [2.75, 3.05) is 13.6 Å². The summed E-state index contributed by atoms with van der Waals surface area (Å²) >= 11 is 0. The maximum atomic E-state index is 2.40. The molecule has 64 valence electrons. The third-order valence-electron chi connectivity index (χ3n) is 2.22. The zero-order chi connectivity index (χ0) is 8.65. The first-order valence-corrected chi connectivity index (χ1v) is 4.36. The Bertz CT molecular complexity index is 177. The van der Waals surface area contributed by atoms with Gasteiger partial charge in [0.25, 0.3) is 0 Å². The van der Waals surface area contributed by atoms with Crippen molar-refractivity contribution >= 4 is 0 Å². The minimum Gasteiger partial charge on any atom is -0.377 e. The lowest BCUT2D eigenvalue weighted by Gasteiger charge is -2.21. The van der Waals surface area contributed by atoms with Gasteiger partial charge in [-0.05, 0) is 5.92 Å². The van der Waals surface area contributed by atoms with E-state index in [9.17, 15) is 0 Å². The van der Waals surface area contributed by atoms with Crippen LogP contribution >= 0.6 is 0 Å². The summed E-state index contributed by atoms with van der Waals surface area (Å²) in [6, 6.07) is 0. The molecular weight excluding hydrogens is 134 g/mol. The topological polar surface area (TPSA) is 3.24 Å². The van der Waals surface area contributed by atoms with Gasteiger partial charge < -0.3 is 4.90 Å². The lowest BCUT2D eigenvalue weighted by Crippen LogP contribution is -2.22.